The molecule has 0 radical (unpaired) electrons. The van der Waals surface area contributed by atoms with Crippen LogP contribution in [0, 0.1) is 10.1 Å². The molecule has 0 fully saturated rings. The first-order valence-electron chi connectivity index (χ1n) is 5.87. The second kappa shape index (κ2) is 8.28. The second-order valence-corrected chi connectivity index (χ2v) is 3.96. The molecule has 21 heavy (non-hydrogen) atoms. The van der Waals surface area contributed by atoms with Gasteiger partial charge in [-0.1, -0.05) is 0 Å². The summed E-state index contributed by atoms with van der Waals surface area (Å²) in [7, 11) is 1.26. The van der Waals surface area contributed by atoms with Gasteiger partial charge in [0.2, 0.25) is 5.75 Å². The Morgan fingerprint density at radius 2 is 2.14 bits per heavy atom. The summed E-state index contributed by atoms with van der Waals surface area (Å²) in [6, 6.07) is 1.68. The van der Waals surface area contributed by atoms with Gasteiger partial charge in [0.15, 0.2) is 5.75 Å². The van der Waals surface area contributed by atoms with Gasteiger partial charge in [-0.15, -0.1) is 12.4 Å². The van der Waals surface area contributed by atoms with E-state index in [0.717, 1.165) is 6.07 Å². The van der Waals surface area contributed by atoms with Crippen molar-refractivity contribution in [3.63, 3.8) is 0 Å². The molecule has 1 rings (SSSR count). The smallest absolute Gasteiger partial charge is 0.314 e. The predicted octanol–water partition coefficient (Wildman–Crippen LogP) is 1.68. The number of nitrogens with two attached hydrogens (primary N) is 1. The standard InChI is InChI=1S/C12H16N2O6.ClH/c1-3-20-11(15)6-8(13)7-4-9(14(17)18)12(16)10(5-7)19-2;/h4-5,8,16H,3,6,13H2,1-2H3;1H/t8-;/m1./s1. The first-order chi connectivity index (χ1) is 9.40. The lowest BCUT2D eigenvalue weighted by Crippen LogP contribution is -2.17. The number of carbonyl (C=O) groups is 1. The van der Waals surface area contributed by atoms with Crippen LogP contribution in [0.3, 0.4) is 0 Å². The zero-order valence-electron chi connectivity index (χ0n) is 11.6. The first-order valence-corrected chi connectivity index (χ1v) is 5.87. The van der Waals surface area contributed by atoms with E-state index < -0.39 is 28.4 Å². The van der Waals surface area contributed by atoms with Gasteiger partial charge in [-0.25, -0.2) is 0 Å². The average Bonchev–Trinajstić information content (AvgIpc) is 2.38. The molecule has 118 valence electrons. The Morgan fingerprint density at radius 1 is 1.52 bits per heavy atom. The van der Waals surface area contributed by atoms with Crippen LogP contribution in [-0.2, 0) is 9.53 Å². The summed E-state index contributed by atoms with van der Waals surface area (Å²) < 4.78 is 9.61. The first kappa shape index (κ1) is 18.9. The Balaban J connectivity index is 0.00000400. The monoisotopic (exact) mass is 320 g/mol. The Hall–Kier alpha value is -2.06. The van der Waals surface area contributed by atoms with Crippen molar-refractivity contribution in [2.75, 3.05) is 13.7 Å². The van der Waals surface area contributed by atoms with E-state index in [1.807, 2.05) is 0 Å². The third-order valence-electron chi connectivity index (χ3n) is 2.61. The molecule has 0 amide bonds. The van der Waals surface area contributed by atoms with Gasteiger partial charge in [0, 0.05) is 12.1 Å². The van der Waals surface area contributed by atoms with Crippen LogP contribution in [0.2, 0.25) is 0 Å². The highest BCUT2D eigenvalue weighted by Crippen LogP contribution is 2.38. The Labute approximate surface area is 127 Å². The lowest BCUT2D eigenvalue weighted by atomic mass is 10.0. The van der Waals surface area contributed by atoms with Crippen molar-refractivity contribution in [1.82, 2.24) is 0 Å². The number of ether oxygens (including phenoxy) is 2. The van der Waals surface area contributed by atoms with Gasteiger partial charge in [-0.3, -0.25) is 14.9 Å². The average molecular weight is 321 g/mol. The minimum absolute atomic E-state index is 0. The number of nitro benzene ring substituents is 1. The minimum Gasteiger partial charge on any atom is -0.500 e. The maximum absolute atomic E-state index is 11.4. The molecular weight excluding hydrogens is 304 g/mol. The van der Waals surface area contributed by atoms with Gasteiger partial charge in [0.1, 0.15) is 0 Å². The highest BCUT2D eigenvalue weighted by Gasteiger charge is 2.23. The Bertz CT molecular complexity index is 523. The number of esters is 1. The van der Waals surface area contributed by atoms with Crippen LogP contribution >= 0.6 is 12.4 Å². The number of aromatic hydroxyl groups is 1. The number of phenolic OH excluding ortho intramolecular Hbond substituents is 1. The molecule has 0 unspecified atom stereocenters. The van der Waals surface area contributed by atoms with Crippen molar-refractivity contribution in [3.05, 3.63) is 27.8 Å². The zero-order valence-corrected chi connectivity index (χ0v) is 12.4. The molecule has 1 aromatic rings. The summed E-state index contributed by atoms with van der Waals surface area (Å²) in [6.45, 7) is 1.89. The van der Waals surface area contributed by atoms with Crippen LogP contribution in [-0.4, -0.2) is 29.7 Å². The van der Waals surface area contributed by atoms with E-state index in [-0.39, 0.29) is 31.2 Å². The number of rotatable bonds is 6. The van der Waals surface area contributed by atoms with Crippen LogP contribution in [0.4, 0.5) is 5.69 Å². The van der Waals surface area contributed by atoms with E-state index in [4.69, 9.17) is 15.2 Å². The van der Waals surface area contributed by atoms with Crippen LogP contribution in [0.5, 0.6) is 11.5 Å². The van der Waals surface area contributed by atoms with Gasteiger partial charge in [0.05, 0.1) is 25.1 Å². The number of hydrogen-bond donors (Lipinski definition) is 2. The fourth-order valence-corrected chi connectivity index (χ4v) is 1.64. The fraction of sp³-hybridized carbons (Fsp3) is 0.417. The molecule has 1 aromatic carbocycles. The third-order valence-corrected chi connectivity index (χ3v) is 2.61. The predicted molar refractivity (Wildman–Crippen MR) is 76.7 cm³/mol. The molecule has 0 bridgehead atoms. The molecule has 0 aliphatic heterocycles. The molecule has 0 saturated heterocycles. The molecule has 3 N–H and O–H groups in total. The van der Waals surface area contributed by atoms with Gasteiger partial charge in [0.25, 0.3) is 0 Å². The molecule has 0 aromatic heterocycles. The van der Waals surface area contributed by atoms with E-state index in [1.54, 1.807) is 6.92 Å². The number of nitrogens with zero attached hydrogens (tertiary/aromatic N) is 1. The van der Waals surface area contributed by atoms with Gasteiger partial charge >= 0.3 is 11.7 Å². The molecule has 0 spiro atoms. The summed E-state index contributed by atoms with van der Waals surface area (Å²) in [5, 5.41) is 20.5. The van der Waals surface area contributed by atoms with Crippen LogP contribution in [0.15, 0.2) is 12.1 Å². The quantitative estimate of drug-likeness (QED) is 0.464. The number of phenols is 1. The van der Waals surface area contributed by atoms with Crippen LogP contribution in [0.1, 0.15) is 24.9 Å². The summed E-state index contributed by atoms with van der Waals surface area (Å²) in [6.07, 6.45) is -0.126. The maximum Gasteiger partial charge on any atom is 0.314 e. The molecule has 8 nitrogen and oxygen atoms in total. The van der Waals surface area contributed by atoms with E-state index in [2.05, 4.69) is 0 Å². The van der Waals surface area contributed by atoms with E-state index >= 15 is 0 Å². The number of methoxy groups -OCH3 is 1. The highest BCUT2D eigenvalue weighted by atomic mass is 35.5. The topological polar surface area (TPSA) is 125 Å². The lowest BCUT2D eigenvalue weighted by molar-refractivity contribution is -0.386. The molecule has 0 aliphatic carbocycles. The third kappa shape index (κ3) is 4.76. The van der Waals surface area contributed by atoms with E-state index in [9.17, 15) is 20.0 Å². The Morgan fingerprint density at radius 3 is 2.62 bits per heavy atom. The maximum atomic E-state index is 11.4. The normalized spacial score (nSPS) is 11.2. The number of nitro groups is 1. The molecular formula is C12H17ClN2O6. The van der Waals surface area contributed by atoms with Crippen molar-refractivity contribution in [2.45, 2.75) is 19.4 Å². The van der Waals surface area contributed by atoms with Crippen molar-refractivity contribution in [2.24, 2.45) is 5.73 Å². The Kier molecular flexibility index (Phi) is 7.46. The summed E-state index contributed by atoms with van der Waals surface area (Å²) in [4.78, 5) is 21.4. The van der Waals surface area contributed by atoms with Crippen molar-refractivity contribution in [3.8, 4) is 11.5 Å². The van der Waals surface area contributed by atoms with Gasteiger partial charge in [-0.2, -0.15) is 0 Å². The largest absolute Gasteiger partial charge is 0.500 e. The second-order valence-electron chi connectivity index (χ2n) is 3.96. The van der Waals surface area contributed by atoms with Crippen molar-refractivity contribution < 1.29 is 24.3 Å². The molecule has 0 saturated carbocycles. The highest BCUT2D eigenvalue weighted by molar-refractivity contribution is 5.85. The van der Waals surface area contributed by atoms with Gasteiger partial charge < -0.3 is 20.3 Å². The lowest BCUT2D eigenvalue weighted by Gasteiger charge is -2.13. The van der Waals surface area contributed by atoms with Crippen molar-refractivity contribution in [1.29, 1.82) is 0 Å². The molecule has 0 aliphatic rings. The van der Waals surface area contributed by atoms with E-state index in [0.29, 0.717) is 5.56 Å². The summed E-state index contributed by atoms with van der Waals surface area (Å²) in [5.41, 5.74) is 5.58. The zero-order chi connectivity index (χ0) is 15.3. The summed E-state index contributed by atoms with van der Waals surface area (Å²) >= 11 is 0. The number of hydrogen-bond acceptors (Lipinski definition) is 7. The minimum atomic E-state index is -0.790. The molecule has 0 heterocycles. The van der Waals surface area contributed by atoms with Crippen LogP contribution < -0.4 is 10.5 Å². The van der Waals surface area contributed by atoms with Crippen molar-refractivity contribution >= 4 is 24.1 Å². The molecule has 9 heteroatoms. The number of benzene rings is 1. The van der Waals surface area contributed by atoms with Crippen LogP contribution in [0.25, 0.3) is 0 Å². The summed E-state index contributed by atoms with van der Waals surface area (Å²) in [5.74, 6) is -1.16. The number of carbonyl (C=O) groups excluding carboxylic acids is 1. The van der Waals surface area contributed by atoms with Gasteiger partial charge in [-0.05, 0) is 18.6 Å². The van der Waals surface area contributed by atoms with E-state index in [1.165, 1.54) is 13.2 Å². The SMILES string of the molecule is CCOC(=O)C[C@@H](N)c1cc(OC)c(O)c([N+](=O)[O-])c1.Cl. The fourth-order valence-electron chi connectivity index (χ4n) is 1.64. The number of halogens is 1. The molecule has 1 atom stereocenters.